The van der Waals surface area contributed by atoms with Gasteiger partial charge >= 0.3 is 25.2 Å². The summed E-state index contributed by atoms with van der Waals surface area (Å²) >= 11 is 0. The van der Waals surface area contributed by atoms with Crippen LogP contribution in [0.2, 0.25) is 5.31 Å². The van der Waals surface area contributed by atoms with Crippen LogP contribution in [-0.4, -0.2) is 72.9 Å². The van der Waals surface area contributed by atoms with Crippen LogP contribution in [0, 0.1) is 5.92 Å². The molecule has 7 nitrogen and oxygen atoms in total. The Kier molecular flexibility index (Phi) is 9.35. The fraction of sp³-hybridized carbons (Fsp3) is 0.548. The summed E-state index contributed by atoms with van der Waals surface area (Å²) in [4.78, 5) is 28.4. The van der Waals surface area contributed by atoms with Gasteiger partial charge in [0.1, 0.15) is 12.4 Å². The zero-order chi connectivity index (χ0) is 32.6. The minimum atomic E-state index is -5.19. The van der Waals surface area contributed by atoms with Crippen LogP contribution in [0.1, 0.15) is 50.2 Å². The van der Waals surface area contributed by atoms with Gasteiger partial charge in [0.05, 0.1) is 31.9 Å². The van der Waals surface area contributed by atoms with Crippen molar-refractivity contribution in [3.05, 3.63) is 65.7 Å². The van der Waals surface area contributed by atoms with E-state index in [-0.39, 0.29) is 45.3 Å². The number of benzene rings is 2. The molecular formula is C31H36BF6N2O5-. The van der Waals surface area contributed by atoms with Crippen molar-refractivity contribution >= 4 is 19.0 Å². The van der Waals surface area contributed by atoms with Gasteiger partial charge in [-0.2, -0.15) is 13.2 Å². The van der Waals surface area contributed by atoms with E-state index in [4.69, 9.17) is 14.2 Å². The van der Waals surface area contributed by atoms with Gasteiger partial charge in [-0.3, -0.25) is 9.69 Å². The Labute approximate surface area is 257 Å². The maximum absolute atomic E-state index is 14.0. The predicted octanol–water partition coefficient (Wildman–Crippen LogP) is 6.93. The van der Waals surface area contributed by atoms with Gasteiger partial charge in [0.25, 0.3) is 0 Å². The van der Waals surface area contributed by atoms with Crippen LogP contribution in [-0.2, 0) is 27.4 Å². The number of halogens is 6. The molecule has 45 heavy (non-hydrogen) atoms. The molecule has 0 bridgehead atoms. The molecule has 1 aliphatic heterocycles. The summed E-state index contributed by atoms with van der Waals surface area (Å²) in [6.07, 6.45) is -6.17. The molecule has 0 aromatic heterocycles. The monoisotopic (exact) mass is 641 g/mol. The van der Waals surface area contributed by atoms with Gasteiger partial charge in [0, 0.05) is 12.6 Å². The first kappa shape index (κ1) is 33.0. The second-order valence-electron chi connectivity index (χ2n) is 12.4. The minimum Gasteiger partial charge on any atom is -0.497 e. The third kappa shape index (κ3) is 7.05. The largest absolute Gasteiger partial charge is 0.497 e. The van der Waals surface area contributed by atoms with Crippen molar-refractivity contribution in [3.8, 4) is 5.75 Å². The smallest absolute Gasteiger partial charge is 0.484 e. The summed E-state index contributed by atoms with van der Waals surface area (Å²) in [7, 11) is 1.45. The highest BCUT2D eigenvalue weighted by molar-refractivity contribution is 6.63. The Morgan fingerprint density at radius 1 is 1.02 bits per heavy atom. The van der Waals surface area contributed by atoms with E-state index in [1.165, 1.54) is 12.0 Å². The molecule has 0 unspecified atom stereocenters. The van der Waals surface area contributed by atoms with Crippen LogP contribution in [0.5, 0.6) is 5.75 Å². The standard InChI is InChI=1S/C31H36BF6N2O5/c1-20-14-26(39(28(41)31(33,34)35)17-21-8-10-24(43-2)11-9-21)27(40(20)29(42)45-18-22-6-4-3-5-7-22)19-44-25-12-13-30(32(36,37)38)16-23(30)15-25/h3-11,20,23,25-27H,12-19H2,1-2H3/q-1/t20-,23-,25-,26+,27+,30-/m1/s1. The normalized spacial score (nSPS) is 27.9. The Morgan fingerprint density at radius 3 is 2.31 bits per heavy atom. The molecule has 1 saturated heterocycles. The lowest BCUT2D eigenvalue weighted by Crippen LogP contribution is -2.54. The van der Waals surface area contributed by atoms with Gasteiger partial charge in [-0.25, -0.2) is 4.79 Å². The van der Waals surface area contributed by atoms with Gasteiger partial charge in [0.2, 0.25) is 0 Å². The van der Waals surface area contributed by atoms with Gasteiger partial charge < -0.3 is 32.1 Å². The number of hydrogen-bond donors (Lipinski definition) is 0. The summed E-state index contributed by atoms with van der Waals surface area (Å²) in [5, 5.41) is -1.62. The Balaban J connectivity index is 1.38. The second kappa shape index (κ2) is 12.8. The molecule has 0 N–H and O–H groups in total. The highest BCUT2D eigenvalue weighted by Crippen LogP contribution is 2.73. The van der Waals surface area contributed by atoms with E-state index >= 15 is 0 Å². The van der Waals surface area contributed by atoms with E-state index in [2.05, 4.69) is 0 Å². The van der Waals surface area contributed by atoms with Crippen LogP contribution in [0.4, 0.5) is 30.9 Å². The van der Waals surface area contributed by atoms with Crippen molar-refractivity contribution in [1.29, 1.82) is 0 Å². The molecule has 2 aromatic rings. The van der Waals surface area contributed by atoms with Crippen molar-refractivity contribution in [2.75, 3.05) is 13.7 Å². The van der Waals surface area contributed by atoms with Crippen molar-refractivity contribution in [1.82, 2.24) is 9.80 Å². The van der Waals surface area contributed by atoms with Crippen LogP contribution in [0.3, 0.4) is 0 Å². The summed E-state index contributed by atoms with van der Waals surface area (Å²) in [6.45, 7) is -4.07. The molecule has 14 heteroatoms. The van der Waals surface area contributed by atoms with Crippen molar-refractivity contribution in [2.45, 2.75) is 87.9 Å². The van der Waals surface area contributed by atoms with E-state index in [1.54, 1.807) is 61.5 Å². The molecular weight excluding hydrogens is 605 g/mol. The molecule has 0 radical (unpaired) electrons. The molecule has 2 aromatic carbocycles. The molecule has 2 amide bonds. The molecule has 5 rings (SSSR count). The first-order valence-electron chi connectivity index (χ1n) is 15.0. The topological polar surface area (TPSA) is 68.3 Å². The zero-order valence-electron chi connectivity index (χ0n) is 25.0. The van der Waals surface area contributed by atoms with E-state index in [0.717, 1.165) is 4.90 Å². The number of ether oxygens (including phenoxy) is 3. The zero-order valence-corrected chi connectivity index (χ0v) is 25.0. The van der Waals surface area contributed by atoms with Crippen molar-refractivity contribution < 1.29 is 49.9 Å². The lowest BCUT2D eigenvalue weighted by atomic mass is 9.62. The molecule has 3 fully saturated rings. The van der Waals surface area contributed by atoms with Gasteiger partial charge in [0.15, 0.2) is 0 Å². The molecule has 0 spiro atoms. The summed E-state index contributed by atoms with van der Waals surface area (Å²) < 4.78 is 99.7. The van der Waals surface area contributed by atoms with Crippen LogP contribution in [0.25, 0.3) is 0 Å². The SMILES string of the molecule is COc1ccc(CN(C(=O)C(F)(F)F)[C@H]2C[C@@H](C)N(C(=O)OCc3ccccc3)[C@H]2CO[C@@H]2CC[C@@]3([B-](F)(F)F)C[C@H]3C2)cc1. The summed E-state index contributed by atoms with van der Waals surface area (Å²) in [5.74, 6) is -2.12. The number of methoxy groups -OCH3 is 1. The number of fused-ring (bicyclic) bond motifs is 1. The molecule has 246 valence electrons. The van der Waals surface area contributed by atoms with E-state index in [0.29, 0.717) is 16.9 Å². The average molecular weight is 641 g/mol. The minimum absolute atomic E-state index is 0.0133. The fourth-order valence-corrected chi connectivity index (χ4v) is 7.04. The molecule has 2 saturated carbocycles. The van der Waals surface area contributed by atoms with Crippen molar-refractivity contribution in [3.63, 3.8) is 0 Å². The number of amides is 2. The van der Waals surface area contributed by atoms with Crippen molar-refractivity contribution in [2.24, 2.45) is 5.92 Å². The fourth-order valence-electron chi connectivity index (χ4n) is 7.04. The summed E-state index contributed by atoms with van der Waals surface area (Å²) in [5.41, 5.74) is 1.12. The highest BCUT2D eigenvalue weighted by Gasteiger charge is 2.66. The number of carbonyl (C=O) groups excluding carboxylic acids is 2. The Hall–Kier alpha value is -3.42. The first-order valence-corrected chi connectivity index (χ1v) is 15.0. The number of alkyl halides is 3. The third-order valence-corrected chi connectivity index (χ3v) is 9.60. The molecule has 3 aliphatic rings. The van der Waals surface area contributed by atoms with Gasteiger partial charge in [-0.05, 0) is 49.4 Å². The Bertz CT molecular complexity index is 1340. The lowest BCUT2D eigenvalue weighted by Gasteiger charge is -2.38. The average Bonchev–Trinajstić information content (AvgIpc) is 3.67. The van der Waals surface area contributed by atoms with Crippen LogP contribution < -0.4 is 4.74 Å². The van der Waals surface area contributed by atoms with E-state index in [1.807, 2.05) is 0 Å². The second-order valence-corrected chi connectivity index (χ2v) is 12.4. The number of likely N-dealkylation sites (tertiary alicyclic amines) is 1. The molecule has 6 atom stereocenters. The predicted molar refractivity (Wildman–Crippen MR) is 153 cm³/mol. The van der Waals surface area contributed by atoms with E-state index < -0.39 is 67.2 Å². The van der Waals surface area contributed by atoms with Gasteiger partial charge in [-0.15, -0.1) is 0 Å². The molecule has 1 heterocycles. The number of hydrogen-bond acceptors (Lipinski definition) is 5. The highest BCUT2D eigenvalue weighted by atomic mass is 19.4. The maximum Gasteiger partial charge on any atom is 0.484 e. The first-order chi connectivity index (χ1) is 21.2. The summed E-state index contributed by atoms with van der Waals surface area (Å²) in [6, 6.07) is 12.3. The Morgan fingerprint density at radius 2 is 1.71 bits per heavy atom. The lowest BCUT2D eigenvalue weighted by molar-refractivity contribution is -0.189. The number of carbonyl (C=O) groups is 2. The number of nitrogens with zero attached hydrogens (tertiary/aromatic N) is 2. The van der Waals surface area contributed by atoms with E-state index in [9.17, 15) is 35.7 Å². The van der Waals surface area contributed by atoms with Crippen LogP contribution >= 0.6 is 0 Å². The van der Waals surface area contributed by atoms with Gasteiger partial charge in [-0.1, -0.05) is 66.5 Å². The third-order valence-electron chi connectivity index (χ3n) is 9.60. The van der Waals surface area contributed by atoms with Crippen LogP contribution in [0.15, 0.2) is 54.6 Å². The molecule has 2 aliphatic carbocycles. The number of rotatable bonds is 10. The quantitative estimate of drug-likeness (QED) is 0.208. The maximum atomic E-state index is 14.0.